The molecule has 1 aromatic carbocycles. The van der Waals surface area contributed by atoms with E-state index in [1.807, 2.05) is 13.8 Å². The lowest BCUT2D eigenvalue weighted by atomic mass is 9.52. The molecule has 1 amide bonds. The zero-order valence-corrected chi connectivity index (χ0v) is 22.3. The number of nitrogens with one attached hydrogen (secondary N) is 1. The highest BCUT2D eigenvalue weighted by molar-refractivity contribution is 6.32. The number of carbonyl (C=O) groups is 5. The van der Waals surface area contributed by atoms with E-state index < -0.39 is 75.9 Å². The minimum Gasteiger partial charge on any atom is -0.507 e. The first-order chi connectivity index (χ1) is 18.2. The summed E-state index contributed by atoms with van der Waals surface area (Å²) in [5.74, 6) is -12.5. The van der Waals surface area contributed by atoms with Gasteiger partial charge in [0.1, 0.15) is 11.6 Å². The molecule has 0 aliphatic heterocycles. The van der Waals surface area contributed by atoms with Gasteiger partial charge < -0.3 is 26.0 Å². The maximum Gasteiger partial charge on any atom is 0.235 e. The molecule has 2 saturated carbocycles. The number of phenolic OH excluding ortho intramolecular Hbond substituents is 1. The van der Waals surface area contributed by atoms with Gasteiger partial charge in [0.15, 0.2) is 34.7 Å². The van der Waals surface area contributed by atoms with Gasteiger partial charge in [0.05, 0.1) is 30.2 Å². The van der Waals surface area contributed by atoms with Crippen LogP contribution < -0.4 is 11.1 Å². The van der Waals surface area contributed by atoms with Crippen molar-refractivity contribution in [1.82, 2.24) is 10.2 Å². The van der Waals surface area contributed by atoms with Gasteiger partial charge in [0, 0.05) is 30.1 Å². The first-order valence-corrected chi connectivity index (χ1v) is 12.9. The largest absolute Gasteiger partial charge is 0.507 e. The van der Waals surface area contributed by atoms with Crippen LogP contribution >= 0.6 is 0 Å². The standard InChI is InChI=1S/C27H34FN3O8/c1-11(2)39-6-5-30-10-13-9-16(32)18-14(20(13)28)7-12-8-15-21(31(3)4)23(34)19(26(29)37)25(36)27(15,38)24(35)17(12)22(18)33/h9,11-12,15,17,19,21,30,32,38H,5-8,10H2,1-4H3,(H2,29,37)/t12-,15-,17?,19?,21-,27-/m0/s1. The number of fused-ring (bicyclic) bond motifs is 3. The SMILES string of the molecule is CC(C)OCCNCc1cc(O)c2c(c1F)C[C@H]1C[C@H]3[C@H](N(C)C)C(=O)C(C(N)=O)C(=O)[C@@]3(O)C(=O)C1C2=O. The third kappa shape index (κ3) is 4.58. The highest BCUT2D eigenvalue weighted by Gasteiger charge is 2.69. The molecule has 5 N–H and O–H groups in total. The van der Waals surface area contributed by atoms with Gasteiger partial charge in [-0.3, -0.25) is 28.9 Å². The second-order valence-electron chi connectivity index (χ2n) is 11.1. The fraction of sp³-hybridized carbons (Fsp3) is 0.593. The number of nitrogens with two attached hydrogens (primary N) is 1. The van der Waals surface area contributed by atoms with Crippen LogP contribution in [0.3, 0.4) is 0 Å². The molecule has 2 fully saturated rings. The third-order valence-electron chi connectivity index (χ3n) is 8.12. The summed E-state index contributed by atoms with van der Waals surface area (Å²) in [5, 5.41) is 25.3. The molecule has 6 atom stereocenters. The summed E-state index contributed by atoms with van der Waals surface area (Å²) < 4.78 is 21.1. The van der Waals surface area contributed by atoms with Crippen molar-refractivity contribution in [3.8, 4) is 5.75 Å². The molecule has 212 valence electrons. The first kappa shape index (κ1) is 28.9. The summed E-state index contributed by atoms with van der Waals surface area (Å²) in [6.45, 7) is 4.65. The molecule has 1 aromatic rings. The molecule has 0 spiro atoms. The Morgan fingerprint density at radius 3 is 2.51 bits per heavy atom. The average Bonchev–Trinajstić information content (AvgIpc) is 2.83. The van der Waals surface area contributed by atoms with Crippen LogP contribution in [0.5, 0.6) is 5.75 Å². The third-order valence-corrected chi connectivity index (χ3v) is 8.12. The Morgan fingerprint density at radius 1 is 1.26 bits per heavy atom. The number of phenols is 1. The van der Waals surface area contributed by atoms with Crippen LogP contribution in [0.25, 0.3) is 0 Å². The Morgan fingerprint density at radius 2 is 1.92 bits per heavy atom. The van der Waals surface area contributed by atoms with E-state index in [-0.39, 0.29) is 42.2 Å². The maximum absolute atomic E-state index is 15.6. The number of likely N-dealkylation sites (N-methyl/N-ethyl adjacent to an activating group) is 1. The number of benzene rings is 1. The Kier molecular flexibility index (Phi) is 7.78. The highest BCUT2D eigenvalue weighted by atomic mass is 19.1. The minimum absolute atomic E-state index is 0.0367. The van der Waals surface area contributed by atoms with Crippen LogP contribution in [-0.4, -0.2) is 89.1 Å². The van der Waals surface area contributed by atoms with Gasteiger partial charge in [-0.05, 0) is 52.8 Å². The number of primary amides is 1. The number of Topliss-reactive ketones (excluding diaryl/α,β-unsaturated/α-hetero) is 4. The van der Waals surface area contributed by atoms with Crippen molar-refractivity contribution >= 4 is 29.0 Å². The maximum atomic E-state index is 15.6. The number of hydrogen-bond donors (Lipinski definition) is 4. The summed E-state index contributed by atoms with van der Waals surface area (Å²) in [6, 6.07) is -0.100. The lowest BCUT2D eigenvalue weighted by Gasteiger charge is -2.52. The monoisotopic (exact) mass is 547 g/mol. The molecule has 11 nitrogen and oxygen atoms in total. The van der Waals surface area contributed by atoms with Crippen molar-refractivity contribution in [2.24, 2.45) is 29.4 Å². The lowest BCUT2D eigenvalue weighted by molar-refractivity contribution is -0.181. The molecule has 0 saturated heterocycles. The van der Waals surface area contributed by atoms with Gasteiger partial charge in [-0.2, -0.15) is 0 Å². The van der Waals surface area contributed by atoms with Crippen molar-refractivity contribution in [3.63, 3.8) is 0 Å². The summed E-state index contributed by atoms with van der Waals surface area (Å²) in [4.78, 5) is 67.1. The van der Waals surface area contributed by atoms with Crippen molar-refractivity contribution in [3.05, 3.63) is 28.6 Å². The minimum atomic E-state index is -2.81. The molecule has 0 aromatic heterocycles. The number of carbonyl (C=O) groups excluding carboxylic acids is 5. The molecular weight excluding hydrogens is 513 g/mol. The summed E-state index contributed by atoms with van der Waals surface area (Å²) in [5.41, 5.74) is 2.19. The summed E-state index contributed by atoms with van der Waals surface area (Å²) in [7, 11) is 3.00. The van der Waals surface area contributed by atoms with Crippen LogP contribution in [0.1, 0.15) is 41.8 Å². The Balaban J connectivity index is 1.70. The quantitative estimate of drug-likeness (QED) is 0.246. The van der Waals surface area contributed by atoms with Gasteiger partial charge >= 0.3 is 0 Å². The molecule has 0 heterocycles. The van der Waals surface area contributed by atoms with Gasteiger partial charge in [0.25, 0.3) is 0 Å². The van der Waals surface area contributed by atoms with Crippen LogP contribution in [0.4, 0.5) is 4.39 Å². The second kappa shape index (κ2) is 10.5. The number of aromatic hydroxyl groups is 1. The second-order valence-corrected chi connectivity index (χ2v) is 11.1. The van der Waals surface area contributed by atoms with E-state index >= 15 is 4.39 Å². The van der Waals surface area contributed by atoms with E-state index in [1.54, 1.807) is 0 Å². The van der Waals surface area contributed by atoms with E-state index in [1.165, 1.54) is 19.0 Å². The van der Waals surface area contributed by atoms with E-state index in [4.69, 9.17) is 10.5 Å². The summed E-state index contributed by atoms with van der Waals surface area (Å²) >= 11 is 0. The fourth-order valence-electron chi connectivity index (χ4n) is 6.43. The number of ether oxygens (including phenoxy) is 1. The number of amides is 1. The molecule has 4 rings (SSSR count). The van der Waals surface area contributed by atoms with E-state index in [0.29, 0.717) is 13.2 Å². The normalized spacial score (nSPS) is 30.4. The smallest absolute Gasteiger partial charge is 0.235 e. The number of hydrogen-bond acceptors (Lipinski definition) is 10. The van der Waals surface area contributed by atoms with Crippen molar-refractivity contribution < 1.29 is 43.3 Å². The lowest BCUT2D eigenvalue weighted by Crippen LogP contribution is -2.74. The van der Waals surface area contributed by atoms with Crippen molar-refractivity contribution in [2.75, 3.05) is 27.2 Å². The van der Waals surface area contributed by atoms with E-state index in [2.05, 4.69) is 5.32 Å². The Hall–Kier alpha value is -3.06. The van der Waals surface area contributed by atoms with Crippen LogP contribution in [0, 0.1) is 29.5 Å². The molecule has 3 aliphatic rings. The molecule has 0 bridgehead atoms. The van der Waals surface area contributed by atoms with Crippen molar-refractivity contribution in [2.45, 2.75) is 51.0 Å². The molecular formula is C27H34FN3O8. The van der Waals surface area contributed by atoms with Gasteiger partial charge in [-0.1, -0.05) is 0 Å². The number of ketones is 4. The molecule has 0 radical (unpaired) electrons. The van der Waals surface area contributed by atoms with E-state index in [0.717, 1.165) is 6.07 Å². The molecule has 3 aliphatic carbocycles. The van der Waals surface area contributed by atoms with Gasteiger partial charge in [-0.25, -0.2) is 4.39 Å². The predicted octanol–water partition coefficient (Wildman–Crippen LogP) is -0.479. The van der Waals surface area contributed by atoms with Crippen LogP contribution in [-0.2, 0) is 36.9 Å². The Labute approximate surface area is 224 Å². The zero-order chi connectivity index (χ0) is 29.0. The fourth-order valence-corrected chi connectivity index (χ4v) is 6.43. The first-order valence-electron chi connectivity index (χ1n) is 12.9. The average molecular weight is 548 g/mol. The van der Waals surface area contributed by atoms with Gasteiger partial charge in [0.2, 0.25) is 5.91 Å². The molecule has 12 heteroatoms. The molecule has 39 heavy (non-hydrogen) atoms. The van der Waals surface area contributed by atoms with Crippen LogP contribution in [0.15, 0.2) is 6.07 Å². The predicted molar refractivity (Wildman–Crippen MR) is 134 cm³/mol. The zero-order valence-electron chi connectivity index (χ0n) is 22.3. The molecule has 2 unspecified atom stereocenters. The highest BCUT2D eigenvalue weighted by Crippen LogP contribution is 2.51. The van der Waals surface area contributed by atoms with Crippen LogP contribution in [0.2, 0.25) is 0 Å². The number of rotatable bonds is 8. The number of nitrogens with zero attached hydrogens (tertiary/aromatic N) is 1. The summed E-state index contributed by atoms with van der Waals surface area (Å²) in [6.07, 6.45) is -0.232. The number of halogens is 1. The number of aliphatic hydroxyl groups is 1. The van der Waals surface area contributed by atoms with E-state index in [9.17, 15) is 34.2 Å². The Bertz CT molecular complexity index is 1250. The topological polar surface area (TPSA) is 176 Å². The van der Waals surface area contributed by atoms with Crippen molar-refractivity contribution in [1.29, 1.82) is 0 Å². The van der Waals surface area contributed by atoms with Gasteiger partial charge in [-0.15, -0.1) is 0 Å².